The van der Waals surface area contributed by atoms with E-state index in [9.17, 15) is 14.0 Å². The molecule has 0 aliphatic rings. The smallest absolute Gasteiger partial charge is 0.256 e. The number of benzene rings is 8. The van der Waals surface area contributed by atoms with E-state index in [1.165, 1.54) is 0 Å². The van der Waals surface area contributed by atoms with Gasteiger partial charge in [0, 0.05) is 54.7 Å². The molecule has 0 saturated carbocycles. The summed E-state index contributed by atoms with van der Waals surface area (Å²) < 4.78 is 75.0. The van der Waals surface area contributed by atoms with Crippen molar-refractivity contribution in [1.82, 2.24) is 19.9 Å². The zero-order valence-electron chi connectivity index (χ0n) is 57.5. The van der Waals surface area contributed by atoms with Crippen LogP contribution in [0, 0.1) is 5.95 Å². The lowest BCUT2D eigenvalue weighted by Gasteiger charge is -2.14. The summed E-state index contributed by atoms with van der Waals surface area (Å²) in [4.78, 5) is 39.3. The summed E-state index contributed by atoms with van der Waals surface area (Å²) in [6.45, 7) is 15.8. The normalized spacial score (nSPS) is 10.9. The third-order valence-corrected chi connectivity index (χ3v) is 15.4. The molecule has 2 N–H and O–H groups in total. The molecule has 0 saturated heterocycles. The largest absolute Gasteiger partial charge is 0.497 e. The third-order valence-electron chi connectivity index (χ3n) is 15.1. The van der Waals surface area contributed by atoms with Gasteiger partial charge in [-0.3, -0.25) is 9.59 Å². The number of pyridine rings is 4. The summed E-state index contributed by atoms with van der Waals surface area (Å²) in [7, 11) is 11.2. The maximum atomic E-state index is 14.5. The van der Waals surface area contributed by atoms with Crippen LogP contribution in [0.3, 0.4) is 0 Å². The number of ether oxygens (including phenoxy) is 11. The Balaban J connectivity index is 0.000000153. The zero-order valence-corrected chi connectivity index (χ0v) is 58.3. The summed E-state index contributed by atoms with van der Waals surface area (Å²) in [5.74, 6) is 7.15. The van der Waals surface area contributed by atoms with Gasteiger partial charge in [0.25, 0.3) is 11.1 Å². The second-order valence-electron chi connectivity index (χ2n) is 23.4. The van der Waals surface area contributed by atoms with Gasteiger partial charge in [-0.2, -0.15) is 4.39 Å². The number of methoxy groups -OCH3 is 7. The van der Waals surface area contributed by atoms with Gasteiger partial charge in [-0.05, 0) is 242 Å². The number of nitrogens with one attached hydrogen (secondary N) is 2. The molecular formula is C79H80ClFN4O13. The van der Waals surface area contributed by atoms with Crippen molar-refractivity contribution in [2.75, 3.05) is 49.8 Å². The molecule has 19 heteroatoms. The highest BCUT2D eigenvalue weighted by atomic mass is 35.5. The second-order valence-corrected chi connectivity index (χ2v) is 23.8. The fraction of sp³-hybridized carbons (Fsp3) is 0.241. The maximum Gasteiger partial charge on any atom is 0.256 e. The van der Waals surface area contributed by atoms with Crippen LogP contribution in [0.1, 0.15) is 55.4 Å². The van der Waals surface area contributed by atoms with E-state index in [2.05, 4.69) is 19.9 Å². The van der Waals surface area contributed by atoms with E-state index in [1.54, 1.807) is 92.2 Å². The van der Waals surface area contributed by atoms with Crippen molar-refractivity contribution in [3.63, 3.8) is 0 Å². The summed E-state index contributed by atoms with van der Waals surface area (Å²) in [6.07, 6.45) is 0.451. The van der Waals surface area contributed by atoms with E-state index in [0.717, 1.165) is 78.6 Å². The summed E-state index contributed by atoms with van der Waals surface area (Å²) in [5.41, 5.74) is 5.67. The van der Waals surface area contributed by atoms with Crippen LogP contribution in [-0.2, 0) is 0 Å². The number of aromatic amines is 2. The predicted octanol–water partition coefficient (Wildman–Crippen LogP) is 18.2. The lowest BCUT2D eigenvalue weighted by Crippen LogP contribution is -2.09. The average molecular weight is 1350 g/mol. The second kappa shape index (κ2) is 32.6. The van der Waals surface area contributed by atoms with E-state index in [1.807, 2.05) is 189 Å². The Morgan fingerprint density at radius 1 is 0.337 bits per heavy atom. The molecular weight excluding hydrogens is 1270 g/mol. The number of rotatable bonds is 19. The molecule has 8 aromatic carbocycles. The molecule has 508 valence electrons. The lowest BCUT2D eigenvalue weighted by atomic mass is 10.0. The monoisotopic (exact) mass is 1350 g/mol. The molecule has 0 aliphatic heterocycles. The van der Waals surface area contributed by atoms with Crippen molar-refractivity contribution >= 4 is 54.7 Å². The van der Waals surface area contributed by atoms with Gasteiger partial charge in [0.1, 0.15) is 62.5 Å². The van der Waals surface area contributed by atoms with Gasteiger partial charge in [0.2, 0.25) is 5.95 Å². The van der Waals surface area contributed by atoms with Crippen LogP contribution >= 0.6 is 11.6 Å². The summed E-state index contributed by atoms with van der Waals surface area (Å²) in [6, 6.07) is 53.8. The Morgan fingerprint density at radius 2 is 0.673 bits per heavy atom. The summed E-state index contributed by atoms with van der Waals surface area (Å²) >= 11 is 6.40. The molecule has 12 rings (SSSR count). The Morgan fingerprint density at radius 3 is 1.09 bits per heavy atom. The van der Waals surface area contributed by atoms with Crippen molar-refractivity contribution in [1.29, 1.82) is 0 Å². The van der Waals surface area contributed by atoms with Crippen molar-refractivity contribution in [2.24, 2.45) is 0 Å². The predicted molar refractivity (Wildman–Crippen MR) is 388 cm³/mol. The molecule has 4 heterocycles. The Bertz CT molecular complexity index is 4680. The lowest BCUT2D eigenvalue weighted by molar-refractivity contribution is 0.242. The SMILES string of the molecule is COc1ccc2c(=O)[nH]c(-c3ccc(OC(C)C)cc3)c(OC)c2c1.COc1ccc2c(=O)[nH]c(-c3ccc(OC(C)C)cc3)cc2c1.COc1ccc2c(Cl)nc(-c3ccc(OC(C)C)cc3)c(OC)c2c1.COc1ccc2c(F)nc(-c3ccc(OC(C)C)cc3)c(OC)c2c1. The molecule has 0 amide bonds. The van der Waals surface area contributed by atoms with Crippen LogP contribution in [0.2, 0.25) is 5.15 Å². The van der Waals surface area contributed by atoms with Crippen LogP contribution in [0.15, 0.2) is 186 Å². The van der Waals surface area contributed by atoms with Crippen molar-refractivity contribution in [3.05, 3.63) is 208 Å². The minimum absolute atomic E-state index is 0.0871. The van der Waals surface area contributed by atoms with Gasteiger partial charge >= 0.3 is 0 Å². The van der Waals surface area contributed by atoms with E-state index >= 15 is 0 Å². The maximum absolute atomic E-state index is 14.5. The minimum Gasteiger partial charge on any atom is -0.497 e. The van der Waals surface area contributed by atoms with Crippen molar-refractivity contribution in [3.8, 4) is 108 Å². The number of fused-ring (bicyclic) bond motifs is 4. The molecule has 0 radical (unpaired) electrons. The van der Waals surface area contributed by atoms with Gasteiger partial charge < -0.3 is 62.1 Å². The number of H-pyrrole nitrogens is 2. The van der Waals surface area contributed by atoms with Gasteiger partial charge in [0.05, 0.1) is 85.3 Å². The van der Waals surface area contributed by atoms with Gasteiger partial charge in [-0.1, -0.05) is 11.6 Å². The highest BCUT2D eigenvalue weighted by Crippen LogP contribution is 2.42. The van der Waals surface area contributed by atoms with Crippen LogP contribution in [0.25, 0.3) is 88.1 Å². The molecule has 0 fully saturated rings. The fourth-order valence-electron chi connectivity index (χ4n) is 10.8. The zero-order chi connectivity index (χ0) is 70.3. The standard InChI is InChI=1S/C20H20ClNO3.C20H20FNO3.C20H21NO4.C19H19NO3/c2*1-12(2)25-14-7-5-13(6-8-14)18-19(24-4)17-11-15(23-3)9-10-16(17)20(21)22-18;1-12(2)25-14-7-5-13(6-8-14)18-19(24-4)17-11-15(23-3)9-10-16(17)20(22)21-18;1-12(2)23-15-6-4-13(5-7-15)18-11-14-10-16(22-3)8-9-17(14)19(21)20-18/h2*5-12H,1-4H3;5-12H,1-4H3,(H,21,22);4-12H,1-3H3,(H,20,21). The highest BCUT2D eigenvalue weighted by molar-refractivity contribution is 6.35. The molecule has 0 atom stereocenters. The number of aromatic nitrogens is 4. The van der Waals surface area contributed by atoms with E-state index in [0.29, 0.717) is 77.9 Å². The van der Waals surface area contributed by atoms with Crippen molar-refractivity contribution < 1.29 is 56.5 Å². The number of hydrogen-bond acceptors (Lipinski definition) is 15. The molecule has 0 unspecified atom stereocenters. The Labute approximate surface area is 573 Å². The average Bonchev–Trinajstić information content (AvgIpc) is 0.779. The molecule has 0 bridgehead atoms. The first-order valence-corrected chi connectivity index (χ1v) is 32.0. The Kier molecular flexibility index (Phi) is 23.8. The van der Waals surface area contributed by atoms with Crippen LogP contribution in [0.5, 0.6) is 63.2 Å². The first kappa shape index (κ1) is 71.3. The number of hydrogen-bond donors (Lipinski definition) is 2. The highest BCUT2D eigenvalue weighted by Gasteiger charge is 2.20. The molecule has 98 heavy (non-hydrogen) atoms. The quantitative estimate of drug-likeness (QED) is 0.0726. The van der Waals surface area contributed by atoms with E-state index in [-0.39, 0.29) is 35.5 Å². The van der Waals surface area contributed by atoms with E-state index in [4.69, 9.17) is 63.7 Å². The topological polar surface area (TPSA) is 193 Å². The van der Waals surface area contributed by atoms with Gasteiger partial charge in [0.15, 0.2) is 17.2 Å². The van der Waals surface area contributed by atoms with Crippen LogP contribution < -0.4 is 63.2 Å². The summed E-state index contributed by atoms with van der Waals surface area (Å²) in [5, 5.41) is 5.88. The van der Waals surface area contributed by atoms with Crippen LogP contribution in [-0.4, -0.2) is 94.1 Å². The molecule has 4 aromatic heterocycles. The van der Waals surface area contributed by atoms with Crippen LogP contribution in [0.4, 0.5) is 4.39 Å². The molecule has 12 aromatic rings. The molecule has 17 nitrogen and oxygen atoms in total. The van der Waals surface area contributed by atoms with Gasteiger partial charge in [-0.25, -0.2) is 9.97 Å². The fourth-order valence-corrected chi connectivity index (χ4v) is 11.0. The third kappa shape index (κ3) is 17.2. The van der Waals surface area contributed by atoms with E-state index < -0.39 is 5.95 Å². The van der Waals surface area contributed by atoms with Gasteiger partial charge in [-0.15, -0.1) is 0 Å². The Hall–Kier alpha value is -11.0. The number of nitrogens with zero attached hydrogens (tertiary/aromatic N) is 2. The minimum atomic E-state index is -0.545. The molecule has 0 aliphatic carbocycles. The number of halogens is 2. The molecule has 0 spiro atoms. The van der Waals surface area contributed by atoms with Crippen molar-refractivity contribution in [2.45, 2.75) is 79.8 Å². The first-order valence-electron chi connectivity index (χ1n) is 31.7. The first-order chi connectivity index (χ1) is 47.1.